The second-order valence-electron chi connectivity index (χ2n) is 6.46. The zero-order chi connectivity index (χ0) is 22.0. The van der Waals surface area contributed by atoms with Gasteiger partial charge in [0.1, 0.15) is 16.8 Å². The Labute approximate surface area is 191 Å². The van der Waals surface area contributed by atoms with Gasteiger partial charge in [-0.05, 0) is 48.9 Å². The van der Waals surface area contributed by atoms with E-state index in [4.69, 9.17) is 32.4 Å². The van der Waals surface area contributed by atoms with Gasteiger partial charge in [-0.15, -0.1) is 11.3 Å². The third-order valence-electron chi connectivity index (χ3n) is 4.38. The number of fused-ring (bicyclic) bond motifs is 1. The first-order chi connectivity index (χ1) is 15.0. The Bertz CT molecular complexity index is 1400. The molecule has 2 aromatic heterocycles. The largest absolute Gasteiger partial charge is 0.494 e. The van der Waals surface area contributed by atoms with Gasteiger partial charge in [-0.2, -0.15) is 5.26 Å². The smallest absolute Gasteiger partial charge is 0.345 e. The Morgan fingerprint density at radius 3 is 2.74 bits per heavy atom. The molecule has 31 heavy (non-hydrogen) atoms. The molecule has 4 aromatic rings. The molecule has 0 saturated carbocycles. The van der Waals surface area contributed by atoms with Gasteiger partial charge in [0, 0.05) is 15.8 Å². The molecule has 0 radical (unpaired) electrons. The number of thiazole rings is 1. The molecule has 0 bridgehead atoms. The summed E-state index contributed by atoms with van der Waals surface area (Å²) >= 11 is 13.4. The summed E-state index contributed by atoms with van der Waals surface area (Å²) in [5, 5.41) is 13.1. The van der Waals surface area contributed by atoms with Crippen molar-refractivity contribution in [1.82, 2.24) is 4.98 Å². The molecule has 0 aliphatic carbocycles. The van der Waals surface area contributed by atoms with Crippen LogP contribution in [0.1, 0.15) is 17.5 Å². The lowest BCUT2D eigenvalue weighted by Gasteiger charge is -2.03. The number of nitrogens with zero attached hydrogens (tertiary/aromatic N) is 2. The van der Waals surface area contributed by atoms with E-state index in [0.717, 1.165) is 11.3 Å². The summed E-state index contributed by atoms with van der Waals surface area (Å²) in [7, 11) is 0. The highest BCUT2D eigenvalue weighted by atomic mass is 35.5. The van der Waals surface area contributed by atoms with Crippen molar-refractivity contribution in [2.45, 2.75) is 6.92 Å². The lowest BCUT2D eigenvalue weighted by Crippen LogP contribution is -2.03. The predicted octanol–water partition coefficient (Wildman–Crippen LogP) is 6.69. The van der Waals surface area contributed by atoms with Crippen LogP contribution >= 0.6 is 34.5 Å². The minimum atomic E-state index is -0.567. The number of ether oxygens (including phenoxy) is 1. The van der Waals surface area contributed by atoms with Gasteiger partial charge in [-0.1, -0.05) is 35.3 Å². The molecule has 0 spiro atoms. The van der Waals surface area contributed by atoms with Crippen molar-refractivity contribution in [1.29, 1.82) is 5.26 Å². The lowest BCUT2D eigenvalue weighted by atomic mass is 10.1. The SMILES string of the molecule is CCOc1ccc(C=C(C#N)c2nc(-c3cc4cc(Cl)cc(Cl)c4oc3=O)cs2)cc1. The van der Waals surface area contributed by atoms with E-state index in [1.165, 1.54) is 17.4 Å². The normalized spacial score (nSPS) is 11.5. The molecule has 0 N–H and O–H groups in total. The molecule has 154 valence electrons. The molecule has 0 aliphatic rings. The number of allylic oxidation sites excluding steroid dienone is 1. The van der Waals surface area contributed by atoms with Crippen LogP contribution in [0.3, 0.4) is 0 Å². The summed E-state index contributed by atoms with van der Waals surface area (Å²) in [4.78, 5) is 17.0. The summed E-state index contributed by atoms with van der Waals surface area (Å²) in [5.41, 5.74) is 1.61. The van der Waals surface area contributed by atoms with Crippen LogP contribution in [0.25, 0.3) is 33.9 Å². The van der Waals surface area contributed by atoms with Crippen LogP contribution in [0.2, 0.25) is 10.0 Å². The summed E-state index contributed by atoms with van der Waals surface area (Å²) in [6, 6.07) is 14.4. The van der Waals surface area contributed by atoms with Crippen LogP contribution in [-0.4, -0.2) is 11.6 Å². The Balaban J connectivity index is 1.70. The predicted molar refractivity (Wildman–Crippen MR) is 125 cm³/mol. The van der Waals surface area contributed by atoms with Crippen LogP contribution in [0.4, 0.5) is 0 Å². The molecule has 0 saturated heterocycles. The van der Waals surface area contributed by atoms with Crippen molar-refractivity contribution in [2.75, 3.05) is 6.61 Å². The third-order valence-corrected chi connectivity index (χ3v) is 5.76. The molecule has 4 rings (SSSR count). The monoisotopic (exact) mass is 468 g/mol. The molecule has 2 aromatic carbocycles. The zero-order valence-corrected chi connectivity index (χ0v) is 18.5. The minimum absolute atomic E-state index is 0.259. The maximum Gasteiger partial charge on any atom is 0.345 e. The maximum absolute atomic E-state index is 12.5. The summed E-state index contributed by atoms with van der Waals surface area (Å²) in [6.45, 7) is 2.50. The highest BCUT2D eigenvalue weighted by Crippen LogP contribution is 2.31. The second-order valence-corrected chi connectivity index (χ2v) is 8.16. The van der Waals surface area contributed by atoms with Crippen LogP contribution in [-0.2, 0) is 0 Å². The zero-order valence-electron chi connectivity index (χ0n) is 16.2. The van der Waals surface area contributed by atoms with E-state index in [9.17, 15) is 10.1 Å². The number of hydrogen-bond donors (Lipinski definition) is 0. The van der Waals surface area contributed by atoms with Gasteiger partial charge in [0.2, 0.25) is 0 Å². The van der Waals surface area contributed by atoms with Gasteiger partial charge >= 0.3 is 5.63 Å². The average Bonchev–Trinajstić information content (AvgIpc) is 3.23. The summed E-state index contributed by atoms with van der Waals surface area (Å²) in [5.74, 6) is 0.762. The fraction of sp³-hybridized carbons (Fsp3) is 0.0870. The number of nitriles is 1. The van der Waals surface area contributed by atoms with E-state index in [0.29, 0.717) is 33.3 Å². The molecular weight excluding hydrogens is 455 g/mol. The molecule has 0 amide bonds. The van der Waals surface area contributed by atoms with Crippen molar-refractivity contribution < 1.29 is 9.15 Å². The Morgan fingerprint density at radius 1 is 1.26 bits per heavy atom. The van der Waals surface area contributed by atoms with E-state index in [2.05, 4.69) is 11.1 Å². The first-order valence-electron chi connectivity index (χ1n) is 9.22. The van der Waals surface area contributed by atoms with E-state index in [1.807, 2.05) is 31.2 Å². The van der Waals surface area contributed by atoms with Gasteiger partial charge in [-0.3, -0.25) is 0 Å². The number of aromatic nitrogens is 1. The van der Waals surface area contributed by atoms with E-state index in [1.54, 1.807) is 23.6 Å². The van der Waals surface area contributed by atoms with Gasteiger partial charge in [0.05, 0.1) is 28.5 Å². The molecular formula is C23H14Cl2N2O3S. The summed E-state index contributed by atoms with van der Waals surface area (Å²) < 4.78 is 10.8. The minimum Gasteiger partial charge on any atom is -0.494 e. The molecule has 2 heterocycles. The van der Waals surface area contributed by atoms with Gasteiger partial charge in [-0.25, -0.2) is 9.78 Å². The Morgan fingerprint density at radius 2 is 2.03 bits per heavy atom. The lowest BCUT2D eigenvalue weighted by molar-refractivity contribution is 0.340. The second kappa shape index (κ2) is 8.94. The topological polar surface area (TPSA) is 76.1 Å². The van der Waals surface area contributed by atoms with E-state index < -0.39 is 5.63 Å². The Kier molecular flexibility index (Phi) is 6.10. The van der Waals surface area contributed by atoms with Crippen LogP contribution < -0.4 is 10.4 Å². The van der Waals surface area contributed by atoms with Gasteiger partial charge < -0.3 is 9.15 Å². The Hall–Kier alpha value is -3.11. The van der Waals surface area contributed by atoms with Gasteiger partial charge in [0.25, 0.3) is 0 Å². The number of benzene rings is 2. The van der Waals surface area contributed by atoms with Crippen molar-refractivity contribution >= 4 is 57.2 Å². The van der Waals surface area contributed by atoms with E-state index >= 15 is 0 Å². The van der Waals surface area contributed by atoms with Crippen molar-refractivity contribution in [2.24, 2.45) is 0 Å². The number of rotatable bonds is 5. The number of halogens is 2. The first-order valence-corrected chi connectivity index (χ1v) is 10.9. The molecule has 0 fully saturated rings. The standard InChI is InChI=1S/C23H14Cl2N2O3S/c1-2-29-17-5-3-13(4-6-17)7-15(11-26)22-27-20(12-31-22)18-9-14-8-16(24)10-19(25)21(14)30-23(18)28/h3-10,12H,2H2,1H3. The quantitative estimate of drug-likeness (QED) is 0.241. The highest BCUT2D eigenvalue weighted by molar-refractivity contribution is 7.11. The third kappa shape index (κ3) is 4.49. The van der Waals surface area contributed by atoms with E-state index in [-0.39, 0.29) is 16.2 Å². The summed E-state index contributed by atoms with van der Waals surface area (Å²) in [6.07, 6.45) is 1.74. The highest BCUT2D eigenvalue weighted by Gasteiger charge is 2.15. The van der Waals surface area contributed by atoms with Crippen LogP contribution in [0.15, 0.2) is 57.1 Å². The fourth-order valence-electron chi connectivity index (χ4n) is 2.99. The van der Waals surface area contributed by atoms with Crippen molar-refractivity contribution in [3.63, 3.8) is 0 Å². The maximum atomic E-state index is 12.5. The van der Waals surface area contributed by atoms with Crippen LogP contribution in [0, 0.1) is 11.3 Å². The van der Waals surface area contributed by atoms with Crippen LogP contribution in [0.5, 0.6) is 5.75 Å². The molecule has 8 heteroatoms. The number of hydrogen-bond acceptors (Lipinski definition) is 6. The fourth-order valence-corrected chi connectivity index (χ4v) is 4.33. The van der Waals surface area contributed by atoms with Gasteiger partial charge in [0.15, 0.2) is 5.58 Å². The average molecular weight is 469 g/mol. The first kappa shape index (κ1) is 21.1. The molecule has 0 unspecified atom stereocenters. The molecule has 5 nitrogen and oxygen atoms in total. The van der Waals surface area contributed by atoms with Crippen molar-refractivity contribution in [3.8, 4) is 23.1 Å². The van der Waals surface area contributed by atoms with Crippen molar-refractivity contribution in [3.05, 3.63) is 78.9 Å². The molecule has 0 atom stereocenters. The molecule has 0 aliphatic heterocycles.